The summed E-state index contributed by atoms with van der Waals surface area (Å²) in [5.41, 5.74) is 0.821. The number of aryl methyl sites for hydroxylation is 1. The molecule has 0 aliphatic heterocycles. The predicted octanol–water partition coefficient (Wildman–Crippen LogP) is 1.99. The molecule has 0 saturated carbocycles. The zero-order valence-corrected chi connectivity index (χ0v) is 11.7. The summed E-state index contributed by atoms with van der Waals surface area (Å²) in [6.45, 7) is 4.78. The molecule has 0 aromatic carbocycles. The molecule has 1 amide bonds. The molecule has 0 aliphatic rings. The van der Waals surface area contributed by atoms with Gasteiger partial charge in [0.1, 0.15) is 0 Å². The Bertz CT molecular complexity index is 401. The van der Waals surface area contributed by atoms with Gasteiger partial charge in [-0.1, -0.05) is 6.92 Å². The molecule has 5 heteroatoms. The number of nitrogens with one attached hydrogen (secondary N) is 1. The molecule has 2 N–H and O–H groups in total. The third-order valence-electron chi connectivity index (χ3n) is 2.53. The largest absolute Gasteiger partial charge is 0.396 e. The highest BCUT2D eigenvalue weighted by Gasteiger charge is 2.00. The first-order valence-electron chi connectivity index (χ1n) is 6.10. The number of carbonyl (C=O) groups excluding carboxylic acids is 1. The minimum Gasteiger partial charge on any atom is -0.396 e. The van der Waals surface area contributed by atoms with Gasteiger partial charge in [-0.25, -0.2) is 4.98 Å². The number of hydrogen-bond donors (Lipinski definition) is 2. The topological polar surface area (TPSA) is 62.2 Å². The molecule has 0 aliphatic carbocycles. The molecule has 18 heavy (non-hydrogen) atoms. The Morgan fingerprint density at radius 2 is 2.44 bits per heavy atom. The number of thiazole rings is 1. The first-order chi connectivity index (χ1) is 8.61. The SMILES string of the molecule is Cc1nc(/C=C/C(=O)NCCCC(C)CO)cs1. The molecule has 1 heterocycles. The number of aromatic nitrogens is 1. The van der Waals surface area contributed by atoms with Crippen LogP contribution >= 0.6 is 11.3 Å². The Morgan fingerprint density at radius 1 is 1.67 bits per heavy atom. The smallest absolute Gasteiger partial charge is 0.244 e. The van der Waals surface area contributed by atoms with Crippen LogP contribution in [0.5, 0.6) is 0 Å². The highest BCUT2D eigenvalue weighted by Crippen LogP contribution is 2.09. The van der Waals surface area contributed by atoms with Crippen LogP contribution in [0.25, 0.3) is 6.08 Å². The van der Waals surface area contributed by atoms with Crippen molar-refractivity contribution in [3.8, 4) is 0 Å². The third-order valence-corrected chi connectivity index (χ3v) is 3.32. The summed E-state index contributed by atoms with van der Waals surface area (Å²) in [6.07, 6.45) is 5.03. The first-order valence-corrected chi connectivity index (χ1v) is 6.98. The van der Waals surface area contributed by atoms with E-state index in [1.807, 2.05) is 19.2 Å². The van der Waals surface area contributed by atoms with Crippen LogP contribution in [-0.4, -0.2) is 29.1 Å². The fraction of sp³-hybridized carbons (Fsp3) is 0.538. The highest BCUT2D eigenvalue weighted by atomic mass is 32.1. The maximum Gasteiger partial charge on any atom is 0.244 e. The normalized spacial score (nSPS) is 12.8. The van der Waals surface area contributed by atoms with E-state index in [0.717, 1.165) is 23.5 Å². The van der Waals surface area contributed by atoms with E-state index < -0.39 is 0 Å². The average Bonchev–Trinajstić information content (AvgIpc) is 2.77. The number of hydrogen-bond acceptors (Lipinski definition) is 4. The van der Waals surface area contributed by atoms with Gasteiger partial charge in [-0.15, -0.1) is 11.3 Å². The minimum absolute atomic E-state index is 0.0997. The van der Waals surface area contributed by atoms with Gasteiger partial charge < -0.3 is 10.4 Å². The second-order valence-corrected chi connectivity index (χ2v) is 5.41. The van der Waals surface area contributed by atoms with Gasteiger partial charge in [-0.05, 0) is 31.8 Å². The number of aliphatic hydroxyl groups excluding tert-OH is 1. The van der Waals surface area contributed by atoms with Crippen molar-refractivity contribution in [2.24, 2.45) is 5.92 Å². The number of nitrogens with zero attached hydrogens (tertiary/aromatic N) is 1. The van der Waals surface area contributed by atoms with E-state index >= 15 is 0 Å². The Balaban J connectivity index is 2.19. The Morgan fingerprint density at radius 3 is 3.06 bits per heavy atom. The van der Waals surface area contributed by atoms with Crippen molar-refractivity contribution in [3.05, 3.63) is 22.2 Å². The fourth-order valence-corrected chi connectivity index (χ4v) is 2.01. The first kappa shape index (κ1) is 14.9. The van der Waals surface area contributed by atoms with E-state index in [4.69, 9.17) is 5.11 Å². The van der Waals surface area contributed by atoms with Gasteiger partial charge in [0.15, 0.2) is 0 Å². The summed E-state index contributed by atoms with van der Waals surface area (Å²) in [5.74, 6) is 0.202. The van der Waals surface area contributed by atoms with Crippen LogP contribution < -0.4 is 5.32 Å². The van der Waals surface area contributed by atoms with Crippen molar-refractivity contribution in [2.45, 2.75) is 26.7 Å². The van der Waals surface area contributed by atoms with E-state index in [9.17, 15) is 4.79 Å². The van der Waals surface area contributed by atoms with Crippen LogP contribution in [0.2, 0.25) is 0 Å². The zero-order valence-electron chi connectivity index (χ0n) is 10.8. The monoisotopic (exact) mass is 268 g/mol. The molecule has 100 valence electrons. The Kier molecular flexibility index (Phi) is 6.60. The van der Waals surface area contributed by atoms with Crippen molar-refractivity contribution >= 4 is 23.3 Å². The minimum atomic E-state index is -0.0997. The lowest BCUT2D eigenvalue weighted by atomic mass is 10.1. The van der Waals surface area contributed by atoms with Gasteiger partial charge in [-0.2, -0.15) is 0 Å². The van der Waals surface area contributed by atoms with Gasteiger partial charge in [0, 0.05) is 24.6 Å². The maximum absolute atomic E-state index is 11.5. The summed E-state index contributed by atoms with van der Waals surface area (Å²) in [5, 5.41) is 14.6. The standard InChI is InChI=1S/C13H20N2O2S/c1-10(8-16)4-3-7-14-13(17)6-5-12-9-18-11(2)15-12/h5-6,9-10,16H,3-4,7-8H2,1-2H3,(H,14,17)/b6-5+. The average molecular weight is 268 g/mol. The molecule has 1 atom stereocenters. The Hall–Kier alpha value is -1.20. The van der Waals surface area contributed by atoms with E-state index in [0.29, 0.717) is 12.5 Å². The number of aliphatic hydroxyl groups is 1. The van der Waals surface area contributed by atoms with Crippen LogP contribution in [0, 0.1) is 12.8 Å². The van der Waals surface area contributed by atoms with Crippen molar-refractivity contribution < 1.29 is 9.90 Å². The molecule has 0 spiro atoms. The molecule has 0 fully saturated rings. The van der Waals surface area contributed by atoms with E-state index in [1.54, 1.807) is 17.4 Å². The molecule has 1 unspecified atom stereocenters. The summed E-state index contributed by atoms with van der Waals surface area (Å²) in [6, 6.07) is 0. The molecular weight excluding hydrogens is 248 g/mol. The second-order valence-electron chi connectivity index (χ2n) is 4.35. The zero-order chi connectivity index (χ0) is 13.4. The van der Waals surface area contributed by atoms with Crippen LogP contribution in [0.15, 0.2) is 11.5 Å². The van der Waals surface area contributed by atoms with E-state index in [-0.39, 0.29) is 12.5 Å². The van der Waals surface area contributed by atoms with Crippen molar-refractivity contribution in [1.29, 1.82) is 0 Å². The number of rotatable bonds is 7. The lowest BCUT2D eigenvalue weighted by molar-refractivity contribution is -0.116. The number of amides is 1. The summed E-state index contributed by atoms with van der Waals surface area (Å²) >= 11 is 1.57. The lowest BCUT2D eigenvalue weighted by Crippen LogP contribution is -2.22. The molecule has 1 aromatic heterocycles. The van der Waals surface area contributed by atoms with Crippen molar-refractivity contribution in [3.63, 3.8) is 0 Å². The van der Waals surface area contributed by atoms with Crippen molar-refractivity contribution in [1.82, 2.24) is 10.3 Å². The fourth-order valence-electron chi connectivity index (χ4n) is 1.43. The second kappa shape index (κ2) is 8.00. The summed E-state index contributed by atoms with van der Waals surface area (Å²) in [4.78, 5) is 15.7. The molecule has 4 nitrogen and oxygen atoms in total. The summed E-state index contributed by atoms with van der Waals surface area (Å²) < 4.78 is 0. The van der Waals surface area contributed by atoms with Gasteiger partial charge >= 0.3 is 0 Å². The van der Waals surface area contributed by atoms with Gasteiger partial charge in [0.25, 0.3) is 0 Å². The van der Waals surface area contributed by atoms with E-state index in [1.165, 1.54) is 6.08 Å². The maximum atomic E-state index is 11.5. The third kappa shape index (κ3) is 5.93. The van der Waals surface area contributed by atoms with Crippen LogP contribution in [0.1, 0.15) is 30.5 Å². The van der Waals surface area contributed by atoms with Gasteiger partial charge in [0.2, 0.25) is 5.91 Å². The van der Waals surface area contributed by atoms with Crippen LogP contribution in [0.4, 0.5) is 0 Å². The molecular formula is C13H20N2O2S. The lowest BCUT2D eigenvalue weighted by Gasteiger charge is -2.07. The Labute approximate surface area is 112 Å². The molecule has 0 saturated heterocycles. The molecule has 0 radical (unpaired) electrons. The quantitative estimate of drug-likeness (QED) is 0.587. The highest BCUT2D eigenvalue weighted by molar-refractivity contribution is 7.09. The van der Waals surface area contributed by atoms with Gasteiger partial charge in [0.05, 0.1) is 10.7 Å². The molecule has 1 rings (SSSR count). The van der Waals surface area contributed by atoms with E-state index in [2.05, 4.69) is 10.3 Å². The molecule has 1 aromatic rings. The predicted molar refractivity (Wildman–Crippen MR) is 74.4 cm³/mol. The molecule has 0 bridgehead atoms. The van der Waals surface area contributed by atoms with Crippen LogP contribution in [-0.2, 0) is 4.79 Å². The summed E-state index contributed by atoms with van der Waals surface area (Å²) in [7, 11) is 0. The number of carbonyl (C=O) groups is 1. The van der Waals surface area contributed by atoms with Crippen LogP contribution in [0.3, 0.4) is 0 Å². The van der Waals surface area contributed by atoms with Gasteiger partial charge in [-0.3, -0.25) is 4.79 Å². The van der Waals surface area contributed by atoms with Crippen molar-refractivity contribution in [2.75, 3.05) is 13.2 Å².